The van der Waals surface area contributed by atoms with Gasteiger partial charge in [-0.2, -0.15) is 0 Å². The van der Waals surface area contributed by atoms with Crippen molar-refractivity contribution in [1.29, 1.82) is 0 Å². The Balaban J connectivity index is 1.63. The predicted molar refractivity (Wildman–Crippen MR) is 102 cm³/mol. The smallest absolute Gasteiger partial charge is 0.253 e. The summed E-state index contributed by atoms with van der Waals surface area (Å²) in [5.41, 5.74) is 4.24. The number of halogens is 1. The third kappa shape index (κ3) is 3.21. The molecule has 1 N–H and O–H groups in total. The average Bonchev–Trinajstić information content (AvgIpc) is 3.13. The van der Waals surface area contributed by atoms with Gasteiger partial charge in [-0.1, -0.05) is 18.2 Å². The Morgan fingerprint density at radius 3 is 2.74 bits per heavy atom. The standard InChI is InChI=1S/C20H16FN3O2S/c1-24-10-16(14-4-2-3-5-15(14)20(24)26)18(25)23-19-17(22-11-27-19)12-6-8-13(21)9-7-12/h2-9,11,16H,10H2,1H3,(H,23,25). The minimum absolute atomic E-state index is 0.0839. The van der Waals surface area contributed by atoms with Gasteiger partial charge in [-0.15, -0.1) is 11.3 Å². The summed E-state index contributed by atoms with van der Waals surface area (Å²) >= 11 is 1.31. The van der Waals surface area contributed by atoms with Gasteiger partial charge in [0, 0.05) is 24.7 Å². The zero-order valence-electron chi connectivity index (χ0n) is 14.5. The molecular formula is C20H16FN3O2S. The van der Waals surface area contributed by atoms with Crippen LogP contribution in [0.5, 0.6) is 0 Å². The normalized spacial score (nSPS) is 16.1. The van der Waals surface area contributed by atoms with E-state index in [1.165, 1.54) is 23.5 Å². The summed E-state index contributed by atoms with van der Waals surface area (Å²) in [6.07, 6.45) is 0. The maximum Gasteiger partial charge on any atom is 0.253 e. The molecule has 27 heavy (non-hydrogen) atoms. The van der Waals surface area contributed by atoms with Crippen LogP contribution in [0, 0.1) is 5.82 Å². The van der Waals surface area contributed by atoms with E-state index in [4.69, 9.17) is 0 Å². The highest BCUT2D eigenvalue weighted by Crippen LogP contribution is 2.33. The Morgan fingerprint density at radius 1 is 1.22 bits per heavy atom. The van der Waals surface area contributed by atoms with E-state index >= 15 is 0 Å². The van der Waals surface area contributed by atoms with Crippen molar-refractivity contribution in [2.75, 3.05) is 18.9 Å². The summed E-state index contributed by atoms with van der Waals surface area (Å²) in [7, 11) is 1.69. The zero-order valence-corrected chi connectivity index (χ0v) is 15.3. The third-order valence-corrected chi connectivity index (χ3v) is 5.35. The monoisotopic (exact) mass is 381 g/mol. The summed E-state index contributed by atoms with van der Waals surface area (Å²) in [6, 6.07) is 13.2. The van der Waals surface area contributed by atoms with Crippen molar-refractivity contribution in [2.45, 2.75) is 5.92 Å². The van der Waals surface area contributed by atoms with Crippen molar-refractivity contribution >= 4 is 28.2 Å². The first kappa shape index (κ1) is 17.4. The van der Waals surface area contributed by atoms with Crippen LogP contribution in [0.2, 0.25) is 0 Å². The Morgan fingerprint density at radius 2 is 1.96 bits per heavy atom. The summed E-state index contributed by atoms with van der Waals surface area (Å²) in [5.74, 6) is -1.08. The molecule has 3 aromatic rings. The fraction of sp³-hybridized carbons (Fsp3) is 0.150. The third-order valence-electron chi connectivity index (χ3n) is 4.61. The number of rotatable bonds is 3. The number of hydrogen-bond acceptors (Lipinski definition) is 4. The highest BCUT2D eigenvalue weighted by molar-refractivity contribution is 7.14. The maximum atomic E-state index is 13.2. The molecule has 0 bridgehead atoms. The Labute approximate surface area is 159 Å². The number of carbonyl (C=O) groups excluding carboxylic acids is 2. The molecular weight excluding hydrogens is 365 g/mol. The first-order chi connectivity index (χ1) is 13.0. The molecule has 0 spiro atoms. The molecule has 136 valence electrons. The van der Waals surface area contributed by atoms with Crippen molar-refractivity contribution in [3.05, 3.63) is 71.0 Å². The van der Waals surface area contributed by atoms with Crippen molar-refractivity contribution in [1.82, 2.24) is 9.88 Å². The van der Waals surface area contributed by atoms with Crippen molar-refractivity contribution in [3.63, 3.8) is 0 Å². The highest BCUT2D eigenvalue weighted by atomic mass is 32.1. The molecule has 4 rings (SSSR count). The van der Waals surface area contributed by atoms with Crippen LogP contribution >= 0.6 is 11.3 Å². The molecule has 2 amide bonds. The van der Waals surface area contributed by atoms with Crippen molar-refractivity contribution in [2.24, 2.45) is 0 Å². The topological polar surface area (TPSA) is 62.3 Å². The average molecular weight is 381 g/mol. The van der Waals surface area contributed by atoms with Crippen LogP contribution in [-0.2, 0) is 4.79 Å². The molecule has 7 heteroatoms. The van der Waals surface area contributed by atoms with Gasteiger partial charge in [0.15, 0.2) is 0 Å². The fourth-order valence-corrected chi connectivity index (χ4v) is 3.93. The number of anilines is 1. The van der Waals surface area contributed by atoms with E-state index in [0.717, 1.165) is 11.1 Å². The second-order valence-corrected chi connectivity index (χ2v) is 7.21. The number of carbonyl (C=O) groups is 2. The second kappa shape index (κ2) is 6.92. The van der Waals surface area contributed by atoms with Crippen LogP contribution in [0.1, 0.15) is 21.8 Å². The highest BCUT2D eigenvalue weighted by Gasteiger charge is 2.33. The van der Waals surface area contributed by atoms with Gasteiger partial charge in [-0.3, -0.25) is 9.59 Å². The molecule has 0 radical (unpaired) electrons. The number of likely N-dealkylation sites (N-methyl/N-ethyl adjacent to an activating group) is 1. The number of hydrogen-bond donors (Lipinski definition) is 1. The van der Waals surface area contributed by atoms with Crippen LogP contribution in [-0.4, -0.2) is 35.3 Å². The molecule has 1 atom stereocenters. The van der Waals surface area contributed by atoms with Gasteiger partial charge < -0.3 is 10.2 Å². The van der Waals surface area contributed by atoms with E-state index in [-0.39, 0.29) is 17.6 Å². The lowest BCUT2D eigenvalue weighted by Gasteiger charge is -2.30. The Bertz CT molecular complexity index is 1020. The van der Waals surface area contributed by atoms with E-state index in [0.29, 0.717) is 22.8 Å². The Hall–Kier alpha value is -3.06. The molecule has 5 nitrogen and oxygen atoms in total. The molecule has 0 fully saturated rings. The van der Waals surface area contributed by atoms with Gasteiger partial charge in [0.25, 0.3) is 5.91 Å². The minimum Gasteiger partial charge on any atom is -0.341 e. The first-order valence-electron chi connectivity index (χ1n) is 8.39. The van der Waals surface area contributed by atoms with Crippen LogP contribution in [0.3, 0.4) is 0 Å². The number of benzene rings is 2. The van der Waals surface area contributed by atoms with Gasteiger partial charge in [0.1, 0.15) is 16.5 Å². The number of fused-ring (bicyclic) bond motifs is 1. The lowest BCUT2D eigenvalue weighted by atomic mass is 9.89. The molecule has 1 unspecified atom stereocenters. The number of thiazole rings is 1. The van der Waals surface area contributed by atoms with Gasteiger partial charge in [-0.25, -0.2) is 9.37 Å². The quantitative estimate of drug-likeness (QED) is 0.751. The molecule has 2 heterocycles. The van der Waals surface area contributed by atoms with Crippen LogP contribution in [0.4, 0.5) is 9.39 Å². The number of amides is 2. The zero-order chi connectivity index (χ0) is 19.0. The predicted octanol–water partition coefficient (Wildman–Crippen LogP) is 3.76. The molecule has 2 aromatic carbocycles. The summed E-state index contributed by atoms with van der Waals surface area (Å²) in [6.45, 7) is 0.312. The van der Waals surface area contributed by atoms with Gasteiger partial charge >= 0.3 is 0 Å². The Kier molecular flexibility index (Phi) is 4.45. The van der Waals surface area contributed by atoms with E-state index in [1.54, 1.807) is 41.7 Å². The van der Waals surface area contributed by atoms with E-state index in [2.05, 4.69) is 10.3 Å². The van der Waals surface area contributed by atoms with E-state index < -0.39 is 5.92 Å². The van der Waals surface area contributed by atoms with E-state index in [1.807, 2.05) is 12.1 Å². The number of aromatic nitrogens is 1. The lowest BCUT2D eigenvalue weighted by Crippen LogP contribution is -2.41. The summed E-state index contributed by atoms with van der Waals surface area (Å²) < 4.78 is 13.2. The van der Waals surface area contributed by atoms with E-state index in [9.17, 15) is 14.0 Å². The van der Waals surface area contributed by atoms with Crippen molar-refractivity contribution < 1.29 is 14.0 Å². The molecule has 0 aliphatic carbocycles. The SMILES string of the molecule is CN1CC(C(=O)Nc2scnc2-c2ccc(F)cc2)c2ccccc2C1=O. The number of nitrogens with one attached hydrogen (secondary N) is 1. The van der Waals surface area contributed by atoms with Crippen LogP contribution < -0.4 is 5.32 Å². The van der Waals surface area contributed by atoms with Crippen LogP contribution in [0.25, 0.3) is 11.3 Å². The number of nitrogens with zero attached hydrogens (tertiary/aromatic N) is 2. The fourth-order valence-electron chi connectivity index (χ4n) is 3.23. The maximum absolute atomic E-state index is 13.2. The molecule has 1 aliphatic rings. The minimum atomic E-state index is -0.466. The van der Waals surface area contributed by atoms with Gasteiger partial charge in [0.05, 0.1) is 11.4 Å². The van der Waals surface area contributed by atoms with Gasteiger partial charge in [-0.05, 0) is 35.9 Å². The summed E-state index contributed by atoms with van der Waals surface area (Å²) in [5, 5.41) is 3.54. The molecule has 1 aromatic heterocycles. The molecule has 0 saturated heterocycles. The molecule has 1 aliphatic heterocycles. The van der Waals surface area contributed by atoms with Crippen LogP contribution in [0.15, 0.2) is 54.0 Å². The van der Waals surface area contributed by atoms with Crippen molar-refractivity contribution in [3.8, 4) is 11.3 Å². The second-order valence-electron chi connectivity index (χ2n) is 6.35. The lowest BCUT2D eigenvalue weighted by molar-refractivity contribution is -0.117. The molecule has 0 saturated carbocycles. The van der Waals surface area contributed by atoms with Gasteiger partial charge in [0.2, 0.25) is 5.91 Å². The first-order valence-corrected chi connectivity index (χ1v) is 9.27. The summed E-state index contributed by atoms with van der Waals surface area (Å²) in [4.78, 5) is 31.2. The largest absolute Gasteiger partial charge is 0.341 e.